The molecule has 3 aromatic rings. The lowest BCUT2D eigenvalue weighted by Crippen LogP contribution is -2.34. The summed E-state index contributed by atoms with van der Waals surface area (Å²) < 4.78 is 16.8. The largest absolute Gasteiger partial charge is 0.461 e. The van der Waals surface area contributed by atoms with Crippen LogP contribution in [0.4, 0.5) is 16.7 Å². The Morgan fingerprint density at radius 2 is 1.74 bits per heavy atom. The highest BCUT2D eigenvalue weighted by Gasteiger charge is 2.36. The van der Waals surface area contributed by atoms with Gasteiger partial charge < -0.3 is 19.5 Å². The Labute approximate surface area is 199 Å². The molecular weight excluding hydrogens is 434 g/mol. The smallest absolute Gasteiger partial charge is 0.417 e. The summed E-state index contributed by atoms with van der Waals surface area (Å²) in [7, 11) is 0. The van der Waals surface area contributed by atoms with E-state index < -0.39 is 6.09 Å². The van der Waals surface area contributed by atoms with E-state index >= 15 is 0 Å². The summed E-state index contributed by atoms with van der Waals surface area (Å²) in [5, 5.41) is 3.29. The third kappa shape index (κ3) is 5.54. The lowest BCUT2D eigenvalue weighted by atomic mass is 10.1. The molecule has 2 aromatic carbocycles. The predicted molar refractivity (Wildman–Crippen MR) is 128 cm³/mol. The molecule has 9 nitrogen and oxygen atoms in total. The standard InChI is InChI=1S/C25H29N5O4/c1-5-19-15-32-25(31)30(19)23-27-22(28-24(29-23)33-16(2)3)26-17(4)18-11-13-21(14-12-18)34-20-9-7-6-8-10-20/h6-14,16-17,19H,5,15H2,1-4H3,(H,26,27,28,29)/t17-,19-/m0/s1. The van der Waals surface area contributed by atoms with Crippen molar-refractivity contribution in [1.82, 2.24) is 15.0 Å². The molecule has 1 aliphatic heterocycles. The number of aromatic nitrogens is 3. The summed E-state index contributed by atoms with van der Waals surface area (Å²) in [6, 6.07) is 17.3. The van der Waals surface area contributed by atoms with Crippen LogP contribution in [-0.2, 0) is 4.74 Å². The van der Waals surface area contributed by atoms with Crippen molar-refractivity contribution >= 4 is 18.0 Å². The molecule has 4 rings (SSSR count). The molecule has 0 aliphatic carbocycles. The van der Waals surface area contributed by atoms with Gasteiger partial charge in [0.1, 0.15) is 18.1 Å². The predicted octanol–water partition coefficient (Wildman–Crippen LogP) is 5.36. The number of hydrogen-bond donors (Lipinski definition) is 1. The molecule has 0 radical (unpaired) electrons. The molecule has 1 aromatic heterocycles. The maximum Gasteiger partial charge on any atom is 0.417 e. The van der Waals surface area contributed by atoms with Crippen LogP contribution in [0.5, 0.6) is 17.5 Å². The van der Waals surface area contributed by atoms with Gasteiger partial charge in [0.15, 0.2) is 0 Å². The van der Waals surface area contributed by atoms with Crippen LogP contribution in [0, 0.1) is 0 Å². The Bertz CT molecular complexity index is 1110. The molecule has 0 unspecified atom stereocenters. The fourth-order valence-electron chi connectivity index (χ4n) is 3.51. The Kier molecular flexibility index (Phi) is 7.10. The minimum absolute atomic E-state index is 0.125. The third-order valence-electron chi connectivity index (χ3n) is 5.30. The molecule has 1 aliphatic rings. The number of anilines is 2. The van der Waals surface area contributed by atoms with E-state index in [2.05, 4.69) is 20.3 Å². The zero-order chi connectivity index (χ0) is 24.1. The second-order valence-electron chi connectivity index (χ2n) is 8.27. The summed E-state index contributed by atoms with van der Waals surface area (Å²) in [5.74, 6) is 2.05. The summed E-state index contributed by atoms with van der Waals surface area (Å²) in [6.07, 6.45) is 0.112. The summed E-state index contributed by atoms with van der Waals surface area (Å²) in [5.41, 5.74) is 1.01. The molecule has 0 saturated carbocycles. The number of nitrogens with one attached hydrogen (secondary N) is 1. The highest BCUT2D eigenvalue weighted by molar-refractivity contribution is 5.88. The van der Waals surface area contributed by atoms with Crippen LogP contribution >= 0.6 is 0 Å². The molecule has 1 saturated heterocycles. The van der Waals surface area contributed by atoms with Crippen molar-refractivity contribution in [2.45, 2.75) is 52.3 Å². The van der Waals surface area contributed by atoms with Gasteiger partial charge >= 0.3 is 12.1 Å². The van der Waals surface area contributed by atoms with Crippen molar-refractivity contribution in [3.63, 3.8) is 0 Å². The van der Waals surface area contributed by atoms with Gasteiger partial charge in [0.25, 0.3) is 0 Å². The van der Waals surface area contributed by atoms with Crippen LogP contribution in [0.25, 0.3) is 0 Å². The maximum absolute atomic E-state index is 12.3. The van der Waals surface area contributed by atoms with Crippen molar-refractivity contribution in [2.24, 2.45) is 0 Å². The van der Waals surface area contributed by atoms with Crippen molar-refractivity contribution < 1.29 is 19.0 Å². The number of nitrogens with zero attached hydrogens (tertiary/aromatic N) is 4. The number of hydrogen-bond acceptors (Lipinski definition) is 8. The molecule has 2 atom stereocenters. The van der Waals surface area contributed by atoms with Gasteiger partial charge in [-0.2, -0.15) is 15.0 Å². The van der Waals surface area contributed by atoms with Crippen molar-refractivity contribution in [2.75, 3.05) is 16.8 Å². The first-order valence-electron chi connectivity index (χ1n) is 11.4. The zero-order valence-corrected chi connectivity index (χ0v) is 19.8. The normalized spacial score (nSPS) is 16.3. The van der Waals surface area contributed by atoms with E-state index in [-0.39, 0.29) is 30.1 Å². The molecular formula is C25H29N5O4. The molecule has 0 spiro atoms. The Balaban J connectivity index is 1.53. The summed E-state index contributed by atoms with van der Waals surface area (Å²) in [4.78, 5) is 27.0. The third-order valence-corrected chi connectivity index (χ3v) is 5.30. The molecule has 2 heterocycles. The SMILES string of the molecule is CC[C@H]1COC(=O)N1c1nc(N[C@@H](C)c2ccc(Oc3ccccc3)cc2)nc(OC(C)C)n1. The van der Waals surface area contributed by atoms with Crippen molar-refractivity contribution in [1.29, 1.82) is 0 Å². The fraction of sp³-hybridized carbons (Fsp3) is 0.360. The Morgan fingerprint density at radius 1 is 1.03 bits per heavy atom. The number of rotatable bonds is 9. The quantitative estimate of drug-likeness (QED) is 0.453. The van der Waals surface area contributed by atoms with Gasteiger partial charge in [0.05, 0.1) is 18.2 Å². The highest BCUT2D eigenvalue weighted by Crippen LogP contribution is 2.27. The Morgan fingerprint density at radius 3 is 2.41 bits per heavy atom. The molecule has 34 heavy (non-hydrogen) atoms. The van der Waals surface area contributed by atoms with Crippen LogP contribution in [0.1, 0.15) is 45.7 Å². The molecule has 178 valence electrons. The second kappa shape index (κ2) is 10.4. The van der Waals surface area contributed by atoms with Gasteiger partial charge in [-0.1, -0.05) is 37.3 Å². The van der Waals surface area contributed by atoms with Crippen molar-refractivity contribution in [3.05, 3.63) is 60.2 Å². The number of ether oxygens (including phenoxy) is 3. The van der Waals surface area contributed by atoms with E-state index in [4.69, 9.17) is 14.2 Å². The van der Waals surface area contributed by atoms with E-state index in [1.807, 2.05) is 82.3 Å². The minimum atomic E-state index is -0.471. The van der Waals surface area contributed by atoms with Gasteiger partial charge in [-0.15, -0.1) is 0 Å². The van der Waals surface area contributed by atoms with Gasteiger partial charge in [0.2, 0.25) is 11.9 Å². The van der Waals surface area contributed by atoms with Crippen molar-refractivity contribution in [3.8, 4) is 17.5 Å². The van der Waals surface area contributed by atoms with Gasteiger partial charge in [-0.3, -0.25) is 0 Å². The number of benzene rings is 2. The second-order valence-corrected chi connectivity index (χ2v) is 8.27. The number of carbonyl (C=O) groups excluding carboxylic acids is 1. The highest BCUT2D eigenvalue weighted by atomic mass is 16.6. The van der Waals surface area contributed by atoms with Crippen LogP contribution in [-0.4, -0.2) is 39.8 Å². The first-order chi connectivity index (χ1) is 16.4. The van der Waals surface area contributed by atoms with E-state index in [1.165, 1.54) is 4.90 Å². The Hall–Kier alpha value is -3.88. The maximum atomic E-state index is 12.3. The first kappa shape index (κ1) is 23.3. The van der Waals surface area contributed by atoms with Crippen LogP contribution < -0.4 is 19.7 Å². The number of amides is 1. The molecule has 0 bridgehead atoms. The molecule has 1 N–H and O–H groups in total. The molecule has 9 heteroatoms. The average Bonchev–Trinajstić information content (AvgIpc) is 3.20. The molecule has 1 amide bonds. The summed E-state index contributed by atoms with van der Waals surface area (Å²) >= 11 is 0. The molecule has 1 fully saturated rings. The van der Waals surface area contributed by atoms with Gasteiger partial charge in [0, 0.05) is 0 Å². The average molecular weight is 464 g/mol. The number of cyclic esters (lactones) is 1. The van der Waals surface area contributed by atoms with Crippen LogP contribution in [0.3, 0.4) is 0 Å². The summed E-state index contributed by atoms with van der Waals surface area (Å²) in [6.45, 7) is 8.06. The van der Waals surface area contributed by atoms with Crippen LogP contribution in [0.15, 0.2) is 54.6 Å². The monoisotopic (exact) mass is 463 g/mol. The fourth-order valence-corrected chi connectivity index (χ4v) is 3.51. The zero-order valence-electron chi connectivity index (χ0n) is 19.8. The number of carbonyl (C=O) groups is 1. The number of para-hydroxylation sites is 1. The topological polar surface area (TPSA) is 98.7 Å². The first-order valence-corrected chi connectivity index (χ1v) is 11.4. The van der Waals surface area contributed by atoms with Crippen LogP contribution in [0.2, 0.25) is 0 Å². The lowest BCUT2D eigenvalue weighted by molar-refractivity contribution is 0.178. The van der Waals surface area contributed by atoms with E-state index in [0.29, 0.717) is 19.0 Å². The van der Waals surface area contributed by atoms with Gasteiger partial charge in [-0.25, -0.2) is 9.69 Å². The van der Waals surface area contributed by atoms with Gasteiger partial charge in [-0.05, 0) is 57.0 Å². The van der Waals surface area contributed by atoms with E-state index in [0.717, 1.165) is 17.1 Å². The lowest BCUT2D eigenvalue weighted by Gasteiger charge is -2.21. The van der Waals surface area contributed by atoms with E-state index in [1.54, 1.807) is 0 Å². The van der Waals surface area contributed by atoms with E-state index in [9.17, 15) is 4.79 Å². The minimum Gasteiger partial charge on any atom is -0.461 e.